The van der Waals surface area contributed by atoms with Gasteiger partial charge in [-0.25, -0.2) is 0 Å². The van der Waals surface area contributed by atoms with Crippen molar-refractivity contribution in [3.8, 4) is 0 Å². The van der Waals surface area contributed by atoms with Crippen molar-refractivity contribution >= 4 is 23.2 Å². The largest absolute Gasteiger partial charge is 0.296 e. The lowest BCUT2D eigenvalue weighted by Gasteiger charge is -2.28. The van der Waals surface area contributed by atoms with Gasteiger partial charge < -0.3 is 0 Å². The Morgan fingerprint density at radius 1 is 1.32 bits per heavy atom. The van der Waals surface area contributed by atoms with Gasteiger partial charge in [0.25, 0.3) is 0 Å². The lowest BCUT2D eigenvalue weighted by molar-refractivity contribution is 0.191. The number of halogens is 2. The molecule has 3 atom stereocenters. The summed E-state index contributed by atoms with van der Waals surface area (Å²) in [5.41, 5.74) is 2.70. The average Bonchev–Trinajstić information content (AvgIpc) is 2.93. The minimum absolute atomic E-state index is 0.516. The first-order valence-electron chi connectivity index (χ1n) is 7.32. The van der Waals surface area contributed by atoms with Gasteiger partial charge in [-0.05, 0) is 54.5 Å². The van der Waals surface area contributed by atoms with Gasteiger partial charge in [-0.3, -0.25) is 4.90 Å². The molecule has 19 heavy (non-hydrogen) atoms. The molecular formula is C16H21Cl2N. The first-order valence-corrected chi connectivity index (χ1v) is 8.07. The van der Waals surface area contributed by atoms with E-state index in [0.29, 0.717) is 12.0 Å². The monoisotopic (exact) mass is 297 g/mol. The summed E-state index contributed by atoms with van der Waals surface area (Å²) in [5.74, 6) is 1.51. The molecule has 0 spiro atoms. The molecule has 1 fully saturated rings. The van der Waals surface area contributed by atoms with Gasteiger partial charge in [-0.15, -0.1) is 0 Å². The zero-order chi connectivity index (χ0) is 13.6. The molecule has 1 aromatic rings. The molecule has 1 heterocycles. The summed E-state index contributed by atoms with van der Waals surface area (Å²) >= 11 is 12.6. The average molecular weight is 298 g/mol. The highest BCUT2D eigenvalue weighted by atomic mass is 35.5. The fraction of sp³-hybridized carbons (Fsp3) is 0.625. The summed E-state index contributed by atoms with van der Waals surface area (Å²) in [6, 6.07) is 4.54. The quantitative estimate of drug-likeness (QED) is 0.746. The predicted octanol–water partition coefficient (Wildman–Crippen LogP) is 4.96. The molecule has 1 saturated heterocycles. The van der Waals surface area contributed by atoms with Crippen molar-refractivity contribution in [2.45, 2.75) is 39.2 Å². The van der Waals surface area contributed by atoms with Crippen molar-refractivity contribution in [3.63, 3.8) is 0 Å². The number of rotatable bonds is 2. The lowest BCUT2D eigenvalue weighted by Crippen LogP contribution is -2.28. The topological polar surface area (TPSA) is 3.24 Å². The van der Waals surface area contributed by atoms with Crippen LogP contribution in [0.15, 0.2) is 12.1 Å². The standard InChI is InChI=1S/C16H21Cl2N/c1-3-11-4-5-19(9-11)16-10(2)6-13-14(16)7-12(17)8-15(13)18/h7-8,10-11,16H,3-6,9H2,1-2H3. The Kier molecular flexibility index (Phi) is 3.81. The van der Waals surface area contributed by atoms with Crippen LogP contribution in [0.1, 0.15) is 43.9 Å². The van der Waals surface area contributed by atoms with Crippen LogP contribution >= 0.6 is 23.2 Å². The first kappa shape index (κ1) is 13.7. The van der Waals surface area contributed by atoms with Crippen molar-refractivity contribution in [1.29, 1.82) is 0 Å². The zero-order valence-electron chi connectivity index (χ0n) is 11.6. The lowest BCUT2D eigenvalue weighted by atomic mass is 10.0. The fourth-order valence-electron chi connectivity index (χ4n) is 3.85. The van der Waals surface area contributed by atoms with Gasteiger partial charge in [0.1, 0.15) is 0 Å². The van der Waals surface area contributed by atoms with Crippen molar-refractivity contribution in [2.75, 3.05) is 13.1 Å². The van der Waals surface area contributed by atoms with E-state index in [1.165, 1.54) is 37.1 Å². The smallest absolute Gasteiger partial charge is 0.0456 e. The number of benzene rings is 1. The number of likely N-dealkylation sites (tertiary alicyclic amines) is 1. The minimum atomic E-state index is 0.516. The molecular weight excluding hydrogens is 277 g/mol. The van der Waals surface area contributed by atoms with Crippen LogP contribution in [-0.2, 0) is 6.42 Å². The molecule has 104 valence electrons. The molecule has 3 rings (SSSR count). The van der Waals surface area contributed by atoms with Crippen LogP contribution in [0.4, 0.5) is 0 Å². The van der Waals surface area contributed by atoms with E-state index in [4.69, 9.17) is 23.2 Å². The van der Waals surface area contributed by atoms with Crippen LogP contribution in [0.5, 0.6) is 0 Å². The van der Waals surface area contributed by atoms with Crippen LogP contribution in [-0.4, -0.2) is 18.0 Å². The zero-order valence-corrected chi connectivity index (χ0v) is 13.1. The van der Waals surface area contributed by atoms with E-state index in [0.717, 1.165) is 22.4 Å². The Bertz CT molecular complexity index is 486. The van der Waals surface area contributed by atoms with E-state index in [9.17, 15) is 0 Å². The molecule has 1 aromatic carbocycles. The summed E-state index contributed by atoms with van der Waals surface area (Å²) in [5, 5.41) is 1.62. The highest BCUT2D eigenvalue weighted by molar-refractivity contribution is 6.35. The summed E-state index contributed by atoms with van der Waals surface area (Å²) < 4.78 is 0. The Morgan fingerprint density at radius 3 is 2.79 bits per heavy atom. The van der Waals surface area contributed by atoms with Crippen LogP contribution < -0.4 is 0 Å². The summed E-state index contributed by atoms with van der Waals surface area (Å²) in [6.07, 6.45) is 3.72. The number of hydrogen-bond acceptors (Lipinski definition) is 1. The van der Waals surface area contributed by atoms with Crippen molar-refractivity contribution in [3.05, 3.63) is 33.3 Å². The summed E-state index contributed by atoms with van der Waals surface area (Å²) in [7, 11) is 0. The molecule has 0 N–H and O–H groups in total. The van der Waals surface area contributed by atoms with Crippen molar-refractivity contribution in [1.82, 2.24) is 4.90 Å². The van der Waals surface area contributed by atoms with Crippen molar-refractivity contribution in [2.24, 2.45) is 11.8 Å². The first-order chi connectivity index (χ1) is 9.10. The van der Waals surface area contributed by atoms with Gasteiger partial charge in [0.05, 0.1) is 0 Å². The van der Waals surface area contributed by atoms with Crippen molar-refractivity contribution < 1.29 is 0 Å². The van der Waals surface area contributed by atoms with Crippen LogP contribution in [0.3, 0.4) is 0 Å². The van der Waals surface area contributed by atoms with Gasteiger partial charge >= 0.3 is 0 Å². The van der Waals surface area contributed by atoms with E-state index < -0.39 is 0 Å². The Labute approximate surface area is 125 Å². The maximum absolute atomic E-state index is 6.37. The molecule has 0 radical (unpaired) electrons. The van der Waals surface area contributed by atoms with Crippen LogP contribution in [0.25, 0.3) is 0 Å². The summed E-state index contributed by atoms with van der Waals surface area (Å²) in [6.45, 7) is 7.09. The maximum Gasteiger partial charge on any atom is 0.0456 e. The molecule has 1 nitrogen and oxygen atoms in total. The van der Waals surface area contributed by atoms with E-state index >= 15 is 0 Å². The van der Waals surface area contributed by atoms with Gasteiger partial charge in [0, 0.05) is 22.6 Å². The van der Waals surface area contributed by atoms with E-state index in [-0.39, 0.29) is 0 Å². The third-order valence-electron chi connectivity index (χ3n) is 4.87. The normalized spacial score (nSPS) is 30.8. The third kappa shape index (κ3) is 2.41. The Morgan fingerprint density at radius 2 is 2.11 bits per heavy atom. The predicted molar refractivity (Wildman–Crippen MR) is 82.0 cm³/mol. The Balaban J connectivity index is 1.92. The van der Waals surface area contributed by atoms with E-state index in [2.05, 4.69) is 24.8 Å². The minimum Gasteiger partial charge on any atom is -0.296 e. The second-order valence-corrected chi connectivity index (χ2v) is 6.98. The van der Waals surface area contributed by atoms with Gasteiger partial charge in [0.15, 0.2) is 0 Å². The van der Waals surface area contributed by atoms with Crippen LogP contribution in [0, 0.1) is 11.8 Å². The molecule has 3 heteroatoms. The third-order valence-corrected chi connectivity index (χ3v) is 5.42. The second-order valence-electron chi connectivity index (χ2n) is 6.14. The molecule has 0 saturated carbocycles. The highest BCUT2D eigenvalue weighted by Gasteiger charge is 2.38. The molecule has 1 aliphatic heterocycles. The molecule has 1 aliphatic carbocycles. The van der Waals surface area contributed by atoms with Crippen LogP contribution in [0.2, 0.25) is 10.0 Å². The molecule has 0 amide bonds. The summed E-state index contributed by atoms with van der Waals surface area (Å²) in [4.78, 5) is 2.65. The molecule has 3 unspecified atom stereocenters. The van der Waals surface area contributed by atoms with Gasteiger partial charge in [0.2, 0.25) is 0 Å². The molecule has 0 aromatic heterocycles. The van der Waals surface area contributed by atoms with E-state index in [1.54, 1.807) is 0 Å². The van der Waals surface area contributed by atoms with E-state index in [1.807, 2.05) is 6.07 Å². The van der Waals surface area contributed by atoms with Gasteiger partial charge in [-0.1, -0.05) is 43.5 Å². The number of fused-ring (bicyclic) bond motifs is 1. The van der Waals surface area contributed by atoms with Gasteiger partial charge in [-0.2, -0.15) is 0 Å². The Hall–Kier alpha value is -0.240. The number of hydrogen-bond donors (Lipinski definition) is 0. The second kappa shape index (κ2) is 5.27. The fourth-order valence-corrected chi connectivity index (χ4v) is 4.43. The molecule has 0 bridgehead atoms. The SMILES string of the molecule is CCC1CCN(C2c3cc(Cl)cc(Cl)c3CC2C)C1. The molecule has 2 aliphatic rings. The number of nitrogens with zero attached hydrogens (tertiary/aromatic N) is 1. The maximum atomic E-state index is 6.37. The highest BCUT2D eigenvalue weighted by Crippen LogP contribution is 2.45.